The maximum atomic E-state index is 5.46. The minimum Gasteiger partial charge on any atom is -0.493 e. The Morgan fingerprint density at radius 3 is 2.32 bits per heavy atom. The van der Waals surface area contributed by atoms with Gasteiger partial charge in [-0.05, 0) is 36.2 Å². The summed E-state index contributed by atoms with van der Waals surface area (Å²) in [6.07, 6.45) is 2.69. The molecule has 150 valence electrons. The van der Waals surface area contributed by atoms with Gasteiger partial charge in [-0.3, -0.25) is 0 Å². The van der Waals surface area contributed by atoms with Crippen molar-refractivity contribution in [3.05, 3.63) is 29.5 Å². The van der Waals surface area contributed by atoms with E-state index < -0.39 is 0 Å². The van der Waals surface area contributed by atoms with E-state index in [9.17, 15) is 0 Å². The largest absolute Gasteiger partial charge is 0.493 e. The van der Waals surface area contributed by atoms with Gasteiger partial charge in [0.1, 0.15) is 0 Å². The van der Waals surface area contributed by atoms with E-state index in [0.29, 0.717) is 5.95 Å². The molecule has 0 radical (unpaired) electrons. The molecule has 28 heavy (non-hydrogen) atoms. The Balaban J connectivity index is 1.51. The fourth-order valence-corrected chi connectivity index (χ4v) is 3.92. The van der Waals surface area contributed by atoms with Gasteiger partial charge in [-0.1, -0.05) is 6.92 Å². The lowest BCUT2D eigenvalue weighted by molar-refractivity contribution is 0.270. The van der Waals surface area contributed by atoms with Crippen LogP contribution in [0.5, 0.6) is 11.5 Å². The summed E-state index contributed by atoms with van der Waals surface area (Å²) in [5.74, 6) is 3.14. The molecular formula is C20H28N6O2. The number of anilines is 2. The molecular weight excluding hydrogens is 356 g/mol. The van der Waals surface area contributed by atoms with Gasteiger partial charge >= 0.3 is 0 Å². The van der Waals surface area contributed by atoms with Crippen LogP contribution in [0.3, 0.4) is 0 Å². The zero-order chi connectivity index (χ0) is 19.5. The van der Waals surface area contributed by atoms with E-state index in [1.807, 2.05) is 0 Å². The van der Waals surface area contributed by atoms with Crippen LogP contribution >= 0.6 is 0 Å². The first-order chi connectivity index (χ1) is 13.7. The smallest absolute Gasteiger partial charge is 0.247 e. The van der Waals surface area contributed by atoms with Crippen molar-refractivity contribution in [2.45, 2.75) is 19.9 Å². The molecule has 4 rings (SSSR count). The summed E-state index contributed by atoms with van der Waals surface area (Å²) in [5, 5.41) is 8.55. The standard InChI is InChI=1S/C20H28N6O2/c1-4-24-7-9-25(10-8-24)19-13-21-23-20(22-19)26-6-5-15-11-17(27-2)18(28-3)12-16(15)14-26/h11-13H,4-10,14H2,1-3H3. The molecule has 0 unspecified atom stereocenters. The van der Waals surface area contributed by atoms with Crippen molar-refractivity contribution in [1.82, 2.24) is 20.1 Å². The summed E-state index contributed by atoms with van der Waals surface area (Å²) in [4.78, 5) is 11.8. The first-order valence-electron chi connectivity index (χ1n) is 9.87. The zero-order valence-corrected chi connectivity index (χ0v) is 16.9. The van der Waals surface area contributed by atoms with Crippen LogP contribution in [-0.4, -0.2) is 73.6 Å². The predicted octanol–water partition coefficient (Wildman–Crippen LogP) is 1.59. The van der Waals surface area contributed by atoms with Crippen LogP contribution in [0.1, 0.15) is 18.1 Å². The number of piperazine rings is 1. The number of benzene rings is 1. The second kappa shape index (κ2) is 8.18. The number of ether oxygens (including phenoxy) is 2. The molecule has 1 aromatic carbocycles. The van der Waals surface area contributed by atoms with E-state index in [2.05, 4.69) is 44.0 Å². The number of hydrogen-bond acceptors (Lipinski definition) is 8. The van der Waals surface area contributed by atoms with Crippen molar-refractivity contribution >= 4 is 11.8 Å². The fourth-order valence-electron chi connectivity index (χ4n) is 3.92. The summed E-state index contributed by atoms with van der Waals surface area (Å²) in [6.45, 7) is 8.99. The summed E-state index contributed by atoms with van der Waals surface area (Å²) in [5.41, 5.74) is 2.50. The first-order valence-corrected chi connectivity index (χ1v) is 9.87. The Bertz CT molecular complexity index is 822. The number of likely N-dealkylation sites (N-methyl/N-ethyl adjacent to an activating group) is 1. The van der Waals surface area contributed by atoms with Crippen LogP contribution in [-0.2, 0) is 13.0 Å². The Morgan fingerprint density at radius 1 is 0.929 bits per heavy atom. The Hall–Kier alpha value is -2.61. The lowest BCUT2D eigenvalue weighted by Crippen LogP contribution is -2.46. The summed E-state index contributed by atoms with van der Waals surface area (Å²) in [6, 6.07) is 4.13. The lowest BCUT2D eigenvalue weighted by Gasteiger charge is -2.35. The van der Waals surface area contributed by atoms with Gasteiger partial charge in [-0.25, -0.2) is 0 Å². The summed E-state index contributed by atoms with van der Waals surface area (Å²) in [7, 11) is 3.34. The van der Waals surface area contributed by atoms with Crippen LogP contribution in [0.25, 0.3) is 0 Å². The van der Waals surface area contributed by atoms with Gasteiger partial charge in [-0.2, -0.15) is 10.1 Å². The molecule has 0 saturated carbocycles. The minimum absolute atomic E-state index is 0.691. The Morgan fingerprint density at radius 2 is 1.64 bits per heavy atom. The van der Waals surface area contributed by atoms with Gasteiger partial charge in [0.15, 0.2) is 17.3 Å². The summed E-state index contributed by atoms with van der Waals surface area (Å²) >= 11 is 0. The van der Waals surface area contributed by atoms with Crippen LogP contribution in [0.4, 0.5) is 11.8 Å². The van der Waals surface area contributed by atoms with Gasteiger partial charge in [0, 0.05) is 39.3 Å². The van der Waals surface area contributed by atoms with Crippen molar-refractivity contribution in [1.29, 1.82) is 0 Å². The zero-order valence-electron chi connectivity index (χ0n) is 16.9. The van der Waals surface area contributed by atoms with E-state index in [4.69, 9.17) is 14.5 Å². The van der Waals surface area contributed by atoms with E-state index in [-0.39, 0.29) is 0 Å². The number of fused-ring (bicyclic) bond motifs is 1. The topological polar surface area (TPSA) is 66.9 Å². The highest BCUT2D eigenvalue weighted by atomic mass is 16.5. The van der Waals surface area contributed by atoms with Gasteiger partial charge in [-0.15, -0.1) is 5.10 Å². The predicted molar refractivity (Wildman–Crippen MR) is 108 cm³/mol. The van der Waals surface area contributed by atoms with Gasteiger partial charge in [0.25, 0.3) is 0 Å². The molecule has 1 aromatic heterocycles. The van der Waals surface area contributed by atoms with Gasteiger partial charge in [0.2, 0.25) is 5.95 Å². The highest BCUT2D eigenvalue weighted by molar-refractivity contribution is 5.51. The molecule has 3 heterocycles. The molecule has 0 aliphatic carbocycles. The molecule has 0 N–H and O–H groups in total. The number of hydrogen-bond donors (Lipinski definition) is 0. The highest BCUT2D eigenvalue weighted by Gasteiger charge is 2.23. The second-order valence-electron chi connectivity index (χ2n) is 7.18. The molecule has 0 spiro atoms. The first kappa shape index (κ1) is 18.7. The third-order valence-electron chi connectivity index (χ3n) is 5.68. The molecule has 8 heteroatoms. The third-order valence-corrected chi connectivity index (χ3v) is 5.68. The normalized spacial score (nSPS) is 17.4. The molecule has 1 fully saturated rings. The summed E-state index contributed by atoms with van der Waals surface area (Å²) < 4.78 is 10.9. The molecule has 2 aliphatic rings. The average Bonchev–Trinajstić information content (AvgIpc) is 2.77. The molecule has 8 nitrogen and oxygen atoms in total. The quantitative estimate of drug-likeness (QED) is 0.770. The number of rotatable bonds is 5. The molecule has 2 aliphatic heterocycles. The minimum atomic E-state index is 0.691. The molecule has 0 atom stereocenters. The number of aromatic nitrogens is 3. The molecule has 2 aromatic rings. The van der Waals surface area contributed by atoms with Crippen molar-refractivity contribution in [2.24, 2.45) is 0 Å². The van der Waals surface area contributed by atoms with Gasteiger partial charge in [0.05, 0.1) is 20.4 Å². The van der Waals surface area contributed by atoms with Crippen LogP contribution in [0.2, 0.25) is 0 Å². The number of methoxy groups -OCH3 is 2. The maximum Gasteiger partial charge on any atom is 0.247 e. The lowest BCUT2D eigenvalue weighted by atomic mass is 9.99. The average molecular weight is 384 g/mol. The van der Waals surface area contributed by atoms with E-state index in [1.165, 1.54) is 11.1 Å². The molecule has 0 amide bonds. The van der Waals surface area contributed by atoms with Crippen LogP contribution < -0.4 is 19.3 Å². The van der Waals surface area contributed by atoms with E-state index in [1.54, 1.807) is 20.4 Å². The van der Waals surface area contributed by atoms with Crippen molar-refractivity contribution in [3.8, 4) is 11.5 Å². The van der Waals surface area contributed by atoms with Gasteiger partial charge < -0.3 is 24.2 Å². The van der Waals surface area contributed by atoms with Crippen molar-refractivity contribution in [2.75, 3.05) is 63.3 Å². The highest BCUT2D eigenvalue weighted by Crippen LogP contribution is 2.34. The van der Waals surface area contributed by atoms with E-state index in [0.717, 1.165) is 69.6 Å². The molecule has 1 saturated heterocycles. The second-order valence-corrected chi connectivity index (χ2v) is 7.18. The van der Waals surface area contributed by atoms with Crippen LogP contribution in [0.15, 0.2) is 18.3 Å². The van der Waals surface area contributed by atoms with Crippen molar-refractivity contribution in [3.63, 3.8) is 0 Å². The SMILES string of the molecule is CCN1CCN(c2cnnc(N3CCc4cc(OC)c(OC)cc4C3)n2)CC1. The Kier molecular flexibility index (Phi) is 5.47. The number of nitrogens with zero attached hydrogens (tertiary/aromatic N) is 6. The molecule has 0 bridgehead atoms. The fraction of sp³-hybridized carbons (Fsp3) is 0.550. The van der Waals surface area contributed by atoms with Crippen LogP contribution in [0, 0.1) is 0 Å². The third kappa shape index (κ3) is 3.69. The van der Waals surface area contributed by atoms with E-state index >= 15 is 0 Å². The maximum absolute atomic E-state index is 5.46. The van der Waals surface area contributed by atoms with Crippen molar-refractivity contribution < 1.29 is 9.47 Å². The monoisotopic (exact) mass is 384 g/mol. The Labute approximate surface area is 166 Å².